The van der Waals surface area contributed by atoms with Crippen LogP contribution in [0.3, 0.4) is 0 Å². The van der Waals surface area contributed by atoms with Crippen LogP contribution in [-0.4, -0.2) is 27.4 Å². The Balaban J connectivity index is 2.10. The Bertz CT molecular complexity index is 389. The highest BCUT2D eigenvalue weighted by atomic mass is 35.5. The molecule has 1 heterocycles. The van der Waals surface area contributed by atoms with E-state index in [9.17, 15) is 5.11 Å². The zero-order valence-electron chi connectivity index (χ0n) is 9.37. The maximum Gasteiger partial charge on any atom is 0.174 e. The molecule has 0 amide bonds. The van der Waals surface area contributed by atoms with Crippen LogP contribution in [0.4, 0.5) is 5.69 Å². The molecular formula is C11H15Cl2N3O. The Labute approximate surface area is 110 Å². The van der Waals surface area contributed by atoms with E-state index >= 15 is 0 Å². The van der Waals surface area contributed by atoms with E-state index in [0.717, 1.165) is 25.7 Å². The van der Waals surface area contributed by atoms with Gasteiger partial charge in [-0.15, -0.1) is 10.2 Å². The second-order valence-corrected chi connectivity index (χ2v) is 5.07. The minimum atomic E-state index is -0.347. The third-order valence-electron chi connectivity index (χ3n) is 3.04. The molecule has 1 aliphatic carbocycles. The smallest absolute Gasteiger partial charge is 0.174 e. The maximum absolute atomic E-state index is 10.00. The van der Waals surface area contributed by atoms with Crippen LogP contribution < -0.4 is 5.32 Å². The molecule has 1 aromatic rings. The highest BCUT2D eigenvalue weighted by Crippen LogP contribution is 2.26. The summed E-state index contributed by atoms with van der Waals surface area (Å²) in [6.07, 6.45) is 4.75. The van der Waals surface area contributed by atoms with Crippen LogP contribution in [0.15, 0.2) is 6.07 Å². The van der Waals surface area contributed by atoms with Crippen molar-refractivity contribution in [3.05, 3.63) is 16.4 Å². The van der Waals surface area contributed by atoms with Gasteiger partial charge in [0.1, 0.15) is 0 Å². The lowest BCUT2D eigenvalue weighted by atomic mass is 10.1. The average Bonchev–Trinajstić information content (AvgIpc) is 2.50. The molecule has 0 saturated heterocycles. The van der Waals surface area contributed by atoms with E-state index in [4.69, 9.17) is 23.2 Å². The number of aliphatic hydroxyl groups is 1. The van der Waals surface area contributed by atoms with E-state index in [-0.39, 0.29) is 17.3 Å². The quantitative estimate of drug-likeness (QED) is 0.815. The van der Waals surface area contributed by atoms with E-state index < -0.39 is 0 Å². The molecule has 2 rings (SSSR count). The Hall–Kier alpha value is -0.580. The molecule has 94 valence electrons. The first-order chi connectivity index (χ1) is 8.16. The molecule has 0 spiro atoms. The first-order valence-corrected chi connectivity index (χ1v) is 6.56. The van der Waals surface area contributed by atoms with Gasteiger partial charge in [0, 0.05) is 6.07 Å². The van der Waals surface area contributed by atoms with Crippen molar-refractivity contribution in [2.45, 2.75) is 44.2 Å². The Morgan fingerprint density at radius 3 is 2.76 bits per heavy atom. The average molecular weight is 276 g/mol. The van der Waals surface area contributed by atoms with E-state index in [0.29, 0.717) is 10.8 Å². The van der Waals surface area contributed by atoms with Crippen LogP contribution in [0.2, 0.25) is 10.3 Å². The van der Waals surface area contributed by atoms with Crippen molar-refractivity contribution in [3.63, 3.8) is 0 Å². The minimum Gasteiger partial charge on any atom is -0.391 e. The number of hydrogen-bond donors (Lipinski definition) is 2. The number of aliphatic hydroxyl groups excluding tert-OH is 1. The van der Waals surface area contributed by atoms with Crippen molar-refractivity contribution in [2.75, 3.05) is 5.32 Å². The lowest BCUT2D eigenvalue weighted by Crippen LogP contribution is -2.32. The third-order valence-corrected chi connectivity index (χ3v) is 3.50. The zero-order chi connectivity index (χ0) is 12.3. The van der Waals surface area contributed by atoms with Crippen molar-refractivity contribution < 1.29 is 5.11 Å². The van der Waals surface area contributed by atoms with Gasteiger partial charge in [-0.25, -0.2) is 0 Å². The zero-order valence-corrected chi connectivity index (χ0v) is 10.9. The SMILES string of the molecule is OC1CCCCCC1Nc1cc(Cl)nnc1Cl. The number of hydrogen-bond acceptors (Lipinski definition) is 4. The summed E-state index contributed by atoms with van der Waals surface area (Å²) in [5.74, 6) is 0. The van der Waals surface area contributed by atoms with Crippen LogP contribution >= 0.6 is 23.2 Å². The van der Waals surface area contributed by atoms with Crippen LogP contribution in [0.25, 0.3) is 0 Å². The van der Waals surface area contributed by atoms with Gasteiger partial charge in [0.15, 0.2) is 10.3 Å². The summed E-state index contributed by atoms with van der Waals surface area (Å²) in [4.78, 5) is 0. The number of halogens is 2. The largest absolute Gasteiger partial charge is 0.391 e. The highest BCUT2D eigenvalue weighted by Gasteiger charge is 2.22. The summed E-state index contributed by atoms with van der Waals surface area (Å²) in [5.41, 5.74) is 0.637. The molecule has 1 aliphatic rings. The molecule has 4 nitrogen and oxygen atoms in total. The first-order valence-electron chi connectivity index (χ1n) is 5.80. The fraction of sp³-hybridized carbons (Fsp3) is 0.636. The summed E-state index contributed by atoms with van der Waals surface area (Å²) in [6, 6.07) is 1.64. The van der Waals surface area contributed by atoms with Crippen molar-refractivity contribution in [1.82, 2.24) is 10.2 Å². The second kappa shape index (κ2) is 5.85. The van der Waals surface area contributed by atoms with Crippen LogP contribution in [0, 0.1) is 0 Å². The lowest BCUT2D eigenvalue weighted by molar-refractivity contribution is 0.144. The predicted molar refractivity (Wildman–Crippen MR) is 68.6 cm³/mol. The van der Waals surface area contributed by atoms with E-state index in [1.54, 1.807) is 6.07 Å². The normalized spacial score (nSPS) is 25.4. The van der Waals surface area contributed by atoms with Gasteiger partial charge < -0.3 is 10.4 Å². The predicted octanol–water partition coefficient (Wildman–Crippen LogP) is 2.89. The molecule has 6 heteroatoms. The number of aromatic nitrogens is 2. The third kappa shape index (κ3) is 3.44. The Morgan fingerprint density at radius 1 is 1.18 bits per heavy atom. The molecule has 0 aliphatic heterocycles. The van der Waals surface area contributed by atoms with E-state index in [1.807, 2.05) is 0 Å². The summed E-state index contributed by atoms with van der Waals surface area (Å²) >= 11 is 11.7. The van der Waals surface area contributed by atoms with Crippen LogP contribution in [-0.2, 0) is 0 Å². The summed E-state index contributed by atoms with van der Waals surface area (Å²) < 4.78 is 0. The lowest BCUT2D eigenvalue weighted by Gasteiger charge is -2.23. The molecule has 0 aromatic carbocycles. The van der Waals surface area contributed by atoms with E-state index in [2.05, 4.69) is 15.5 Å². The minimum absolute atomic E-state index is 0.00951. The fourth-order valence-corrected chi connectivity index (χ4v) is 2.40. The maximum atomic E-state index is 10.00. The Morgan fingerprint density at radius 2 is 1.94 bits per heavy atom. The summed E-state index contributed by atoms with van der Waals surface area (Å²) in [7, 11) is 0. The van der Waals surface area contributed by atoms with Gasteiger partial charge in [-0.3, -0.25) is 0 Å². The molecule has 17 heavy (non-hydrogen) atoms. The van der Waals surface area contributed by atoms with Gasteiger partial charge in [0.05, 0.1) is 17.8 Å². The first kappa shape index (κ1) is 12.9. The molecule has 1 fully saturated rings. The number of anilines is 1. The topological polar surface area (TPSA) is 58.0 Å². The summed E-state index contributed by atoms with van der Waals surface area (Å²) in [5, 5.41) is 21.2. The number of rotatable bonds is 2. The van der Waals surface area contributed by atoms with E-state index in [1.165, 1.54) is 6.42 Å². The molecule has 2 unspecified atom stereocenters. The Kier molecular flexibility index (Phi) is 4.42. The second-order valence-electron chi connectivity index (χ2n) is 4.33. The standard InChI is InChI=1S/C11H15Cl2N3O/c12-10-6-8(11(13)16-15-10)14-7-4-2-1-3-5-9(7)17/h6-7,9,17H,1-5H2,(H,14,15). The molecule has 2 atom stereocenters. The van der Waals surface area contributed by atoms with Crippen LogP contribution in [0.5, 0.6) is 0 Å². The van der Waals surface area contributed by atoms with Gasteiger partial charge in [-0.1, -0.05) is 42.5 Å². The molecule has 1 aromatic heterocycles. The molecule has 0 radical (unpaired) electrons. The number of nitrogens with one attached hydrogen (secondary N) is 1. The molecule has 2 N–H and O–H groups in total. The van der Waals surface area contributed by atoms with Crippen molar-refractivity contribution >= 4 is 28.9 Å². The van der Waals surface area contributed by atoms with Gasteiger partial charge in [-0.2, -0.15) is 0 Å². The fourth-order valence-electron chi connectivity index (χ4n) is 2.11. The monoisotopic (exact) mass is 275 g/mol. The highest BCUT2D eigenvalue weighted by molar-refractivity contribution is 6.33. The van der Waals surface area contributed by atoms with Gasteiger partial charge >= 0.3 is 0 Å². The summed E-state index contributed by atoms with van der Waals surface area (Å²) in [6.45, 7) is 0. The van der Waals surface area contributed by atoms with Gasteiger partial charge in [0.25, 0.3) is 0 Å². The molecule has 0 bridgehead atoms. The van der Waals surface area contributed by atoms with Crippen molar-refractivity contribution in [2.24, 2.45) is 0 Å². The van der Waals surface area contributed by atoms with Crippen LogP contribution in [0.1, 0.15) is 32.1 Å². The van der Waals surface area contributed by atoms with Crippen molar-refractivity contribution in [3.8, 4) is 0 Å². The van der Waals surface area contributed by atoms with Crippen molar-refractivity contribution in [1.29, 1.82) is 0 Å². The van der Waals surface area contributed by atoms with Gasteiger partial charge in [0.2, 0.25) is 0 Å². The molecule has 1 saturated carbocycles. The van der Waals surface area contributed by atoms with Gasteiger partial charge in [-0.05, 0) is 12.8 Å². The number of nitrogens with zero attached hydrogens (tertiary/aromatic N) is 2. The molecular weight excluding hydrogens is 261 g/mol.